The van der Waals surface area contributed by atoms with Crippen LogP contribution in [0.15, 0.2) is 30.5 Å². The zero-order valence-electron chi connectivity index (χ0n) is 16.5. The quantitative estimate of drug-likeness (QED) is 0.793. The highest BCUT2D eigenvalue weighted by atomic mass is 16.6. The van der Waals surface area contributed by atoms with Crippen LogP contribution in [-0.4, -0.2) is 52.9 Å². The predicted molar refractivity (Wildman–Crippen MR) is 105 cm³/mol. The van der Waals surface area contributed by atoms with Crippen LogP contribution in [-0.2, 0) is 9.47 Å². The topological polar surface area (TPSA) is 89.0 Å². The number of fused-ring (bicyclic) bond motifs is 1. The Morgan fingerprint density at radius 3 is 2.57 bits per heavy atom. The summed E-state index contributed by atoms with van der Waals surface area (Å²) in [6, 6.07) is 5.04. The Balaban J connectivity index is 1.92. The third kappa shape index (κ3) is 4.08. The van der Waals surface area contributed by atoms with Gasteiger partial charge in [-0.2, -0.15) is 0 Å². The Morgan fingerprint density at radius 2 is 1.96 bits per heavy atom. The molecule has 0 saturated heterocycles. The van der Waals surface area contributed by atoms with Crippen molar-refractivity contribution in [3.63, 3.8) is 0 Å². The summed E-state index contributed by atoms with van der Waals surface area (Å²) in [4.78, 5) is 29.8. The molecule has 2 aromatic rings. The SMILES string of the molecule is COC(=O)c1cc2c(C3=CCN(C(=O)OC(C)(C)C)CC3)ccc(O)c2cn1. The molecule has 7 nitrogen and oxygen atoms in total. The average molecular weight is 384 g/mol. The maximum atomic E-state index is 12.2. The lowest BCUT2D eigenvalue weighted by atomic mass is 9.94. The van der Waals surface area contributed by atoms with Gasteiger partial charge in [-0.05, 0) is 55.8 Å². The van der Waals surface area contributed by atoms with Crippen LogP contribution in [0.1, 0.15) is 43.2 Å². The van der Waals surface area contributed by atoms with Crippen LogP contribution in [0, 0.1) is 0 Å². The maximum absolute atomic E-state index is 12.2. The van der Waals surface area contributed by atoms with Gasteiger partial charge in [-0.15, -0.1) is 0 Å². The molecular weight excluding hydrogens is 360 g/mol. The number of aromatic nitrogens is 1. The Morgan fingerprint density at radius 1 is 1.21 bits per heavy atom. The fraction of sp³-hybridized carbons (Fsp3) is 0.381. The van der Waals surface area contributed by atoms with Crippen LogP contribution in [0.3, 0.4) is 0 Å². The van der Waals surface area contributed by atoms with E-state index < -0.39 is 11.6 Å². The number of hydrogen-bond acceptors (Lipinski definition) is 6. The van der Waals surface area contributed by atoms with Gasteiger partial charge in [0.25, 0.3) is 0 Å². The van der Waals surface area contributed by atoms with Gasteiger partial charge in [0.05, 0.1) is 7.11 Å². The third-order valence-corrected chi connectivity index (χ3v) is 4.48. The molecule has 1 aromatic carbocycles. The summed E-state index contributed by atoms with van der Waals surface area (Å²) in [5.74, 6) is -0.445. The Bertz CT molecular complexity index is 959. The molecule has 7 heteroatoms. The maximum Gasteiger partial charge on any atom is 0.410 e. The summed E-state index contributed by atoms with van der Waals surface area (Å²) in [6.45, 7) is 6.47. The van der Waals surface area contributed by atoms with Gasteiger partial charge >= 0.3 is 12.1 Å². The summed E-state index contributed by atoms with van der Waals surface area (Å²) in [6.07, 6.45) is 3.74. The van der Waals surface area contributed by atoms with Gasteiger partial charge in [-0.25, -0.2) is 14.6 Å². The van der Waals surface area contributed by atoms with Crippen LogP contribution in [0.4, 0.5) is 4.79 Å². The first-order valence-electron chi connectivity index (χ1n) is 9.07. The molecule has 0 spiro atoms. The molecule has 0 atom stereocenters. The van der Waals surface area contributed by atoms with E-state index in [4.69, 9.17) is 9.47 Å². The highest BCUT2D eigenvalue weighted by Gasteiger charge is 2.24. The molecule has 0 unspecified atom stereocenters. The van der Waals surface area contributed by atoms with Crippen LogP contribution < -0.4 is 0 Å². The van der Waals surface area contributed by atoms with E-state index in [-0.39, 0.29) is 17.5 Å². The molecule has 148 valence electrons. The summed E-state index contributed by atoms with van der Waals surface area (Å²) >= 11 is 0. The number of benzene rings is 1. The molecule has 1 aliphatic heterocycles. The number of carbonyl (C=O) groups excluding carboxylic acids is 2. The van der Waals surface area contributed by atoms with Gasteiger partial charge in [0.15, 0.2) is 0 Å². The molecule has 1 N–H and O–H groups in total. The average Bonchev–Trinajstić information content (AvgIpc) is 2.66. The first-order chi connectivity index (χ1) is 13.2. The number of phenolic OH excluding ortho intramolecular Hbond substituents is 1. The van der Waals surface area contributed by atoms with Crippen molar-refractivity contribution in [1.29, 1.82) is 0 Å². The second-order valence-electron chi connectivity index (χ2n) is 7.64. The first kappa shape index (κ1) is 19.7. The monoisotopic (exact) mass is 384 g/mol. The second kappa shape index (κ2) is 7.50. The smallest absolute Gasteiger partial charge is 0.410 e. The molecule has 0 saturated carbocycles. The van der Waals surface area contributed by atoms with Gasteiger partial charge in [0.2, 0.25) is 0 Å². The van der Waals surface area contributed by atoms with Crippen molar-refractivity contribution in [2.24, 2.45) is 0 Å². The van der Waals surface area contributed by atoms with E-state index in [2.05, 4.69) is 4.98 Å². The molecule has 28 heavy (non-hydrogen) atoms. The van der Waals surface area contributed by atoms with E-state index in [1.165, 1.54) is 13.3 Å². The Labute approximate surface area is 163 Å². The number of aromatic hydroxyl groups is 1. The number of hydrogen-bond donors (Lipinski definition) is 1. The number of nitrogens with zero attached hydrogens (tertiary/aromatic N) is 2. The standard InChI is InChI=1S/C21H24N2O5/c1-21(2,3)28-20(26)23-9-7-13(8-10-23)14-5-6-18(24)16-12-22-17(11-15(14)16)19(25)27-4/h5-7,11-12,24H,8-10H2,1-4H3. The number of carbonyl (C=O) groups is 2. The second-order valence-corrected chi connectivity index (χ2v) is 7.64. The van der Waals surface area contributed by atoms with E-state index in [9.17, 15) is 14.7 Å². The normalized spacial score (nSPS) is 14.6. The third-order valence-electron chi connectivity index (χ3n) is 4.48. The molecule has 0 fully saturated rings. The van der Waals surface area contributed by atoms with Crippen LogP contribution >= 0.6 is 0 Å². The van der Waals surface area contributed by atoms with Gasteiger partial charge in [0, 0.05) is 24.7 Å². The minimum atomic E-state index is -0.537. The minimum Gasteiger partial charge on any atom is -0.507 e. The summed E-state index contributed by atoms with van der Waals surface area (Å²) in [7, 11) is 1.30. The van der Waals surface area contributed by atoms with Gasteiger partial charge in [0.1, 0.15) is 17.0 Å². The van der Waals surface area contributed by atoms with E-state index >= 15 is 0 Å². The van der Waals surface area contributed by atoms with Crippen molar-refractivity contribution in [3.05, 3.63) is 41.7 Å². The van der Waals surface area contributed by atoms with E-state index in [1.54, 1.807) is 17.0 Å². The molecule has 3 rings (SSSR count). The zero-order valence-corrected chi connectivity index (χ0v) is 16.5. The summed E-state index contributed by atoms with van der Waals surface area (Å²) < 4.78 is 10.2. The predicted octanol–water partition coefficient (Wildman–Crippen LogP) is 3.75. The highest BCUT2D eigenvalue weighted by Crippen LogP contribution is 2.34. The zero-order chi connectivity index (χ0) is 20.5. The molecule has 2 heterocycles. The van der Waals surface area contributed by atoms with Crippen molar-refractivity contribution in [3.8, 4) is 5.75 Å². The fourth-order valence-corrected chi connectivity index (χ4v) is 3.13. The van der Waals surface area contributed by atoms with Crippen molar-refractivity contribution in [2.75, 3.05) is 20.2 Å². The lowest BCUT2D eigenvalue weighted by Crippen LogP contribution is -2.39. The molecule has 1 aromatic heterocycles. The van der Waals surface area contributed by atoms with Gasteiger partial charge in [-0.3, -0.25) is 0 Å². The van der Waals surface area contributed by atoms with Crippen molar-refractivity contribution >= 4 is 28.4 Å². The van der Waals surface area contributed by atoms with Gasteiger partial charge < -0.3 is 19.5 Å². The number of phenols is 1. The van der Waals surface area contributed by atoms with Crippen LogP contribution in [0.5, 0.6) is 5.75 Å². The van der Waals surface area contributed by atoms with Crippen LogP contribution in [0.25, 0.3) is 16.3 Å². The van der Waals surface area contributed by atoms with Crippen LogP contribution in [0.2, 0.25) is 0 Å². The fourth-order valence-electron chi connectivity index (χ4n) is 3.13. The summed E-state index contributed by atoms with van der Waals surface area (Å²) in [5, 5.41) is 11.4. The number of amides is 1. The lowest BCUT2D eigenvalue weighted by Gasteiger charge is -2.30. The van der Waals surface area contributed by atoms with Crippen molar-refractivity contribution in [1.82, 2.24) is 9.88 Å². The van der Waals surface area contributed by atoms with E-state index in [0.717, 1.165) is 11.1 Å². The molecule has 0 radical (unpaired) electrons. The molecule has 1 amide bonds. The Kier molecular flexibility index (Phi) is 5.27. The number of rotatable bonds is 2. The molecule has 0 aliphatic carbocycles. The molecule has 0 bridgehead atoms. The minimum absolute atomic E-state index is 0.0921. The number of esters is 1. The lowest BCUT2D eigenvalue weighted by molar-refractivity contribution is 0.0270. The largest absolute Gasteiger partial charge is 0.507 e. The Hall–Kier alpha value is -3.09. The van der Waals surface area contributed by atoms with E-state index in [1.807, 2.05) is 32.9 Å². The van der Waals surface area contributed by atoms with E-state index in [0.29, 0.717) is 30.3 Å². The van der Waals surface area contributed by atoms with Crippen molar-refractivity contribution in [2.45, 2.75) is 32.8 Å². The highest BCUT2D eigenvalue weighted by molar-refractivity contribution is 6.00. The number of ether oxygens (including phenoxy) is 2. The van der Waals surface area contributed by atoms with Gasteiger partial charge in [-0.1, -0.05) is 12.1 Å². The molecular formula is C21H24N2O5. The first-order valence-corrected chi connectivity index (χ1v) is 9.07. The number of pyridine rings is 1. The summed E-state index contributed by atoms with van der Waals surface area (Å²) in [5.41, 5.74) is 1.57. The molecule has 1 aliphatic rings. The van der Waals surface area contributed by atoms with Crippen molar-refractivity contribution < 1.29 is 24.2 Å². The number of methoxy groups -OCH3 is 1.